The molecule has 0 heterocycles. The molecule has 2 atom stereocenters. The second-order valence-electron chi connectivity index (χ2n) is 5.84. The molecule has 17 heavy (non-hydrogen) atoms. The lowest BCUT2D eigenvalue weighted by molar-refractivity contribution is -0.135. The molecule has 0 aliphatic heterocycles. The largest absolute Gasteiger partial charge is 0.396 e. The lowest BCUT2D eigenvalue weighted by Crippen LogP contribution is -2.39. The van der Waals surface area contributed by atoms with E-state index in [0.717, 1.165) is 0 Å². The lowest BCUT2D eigenvalue weighted by atomic mass is 10.0. The first kappa shape index (κ1) is 12.9. The highest BCUT2D eigenvalue weighted by molar-refractivity contribution is 5.82. The first-order valence-electron chi connectivity index (χ1n) is 7.08. The number of carbonyl (C=O) groups excluding carboxylic acids is 1. The molecule has 0 aromatic carbocycles. The highest BCUT2D eigenvalue weighted by atomic mass is 16.3. The van der Waals surface area contributed by atoms with Crippen LogP contribution in [-0.4, -0.2) is 35.1 Å². The fourth-order valence-corrected chi connectivity index (χ4v) is 3.41. The minimum atomic E-state index is 0.175. The van der Waals surface area contributed by atoms with Crippen molar-refractivity contribution in [3.8, 4) is 0 Å². The molecule has 0 spiro atoms. The van der Waals surface area contributed by atoms with Crippen LogP contribution < -0.4 is 0 Å². The molecule has 2 saturated carbocycles. The van der Waals surface area contributed by atoms with Crippen LogP contribution in [0.2, 0.25) is 0 Å². The molecule has 2 aliphatic carbocycles. The van der Waals surface area contributed by atoms with Gasteiger partial charge in [0.25, 0.3) is 0 Å². The number of nitrogens with zero attached hydrogens (tertiary/aromatic N) is 1. The van der Waals surface area contributed by atoms with Crippen molar-refractivity contribution in [3.05, 3.63) is 0 Å². The van der Waals surface area contributed by atoms with Crippen LogP contribution in [0, 0.1) is 17.8 Å². The zero-order valence-corrected chi connectivity index (χ0v) is 11.1. The van der Waals surface area contributed by atoms with Crippen LogP contribution >= 0.6 is 0 Å². The number of fused-ring (bicyclic) bond motifs is 1. The second-order valence-corrected chi connectivity index (χ2v) is 5.84. The monoisotopic (exact) mass is 239 g/mol. The molecule has 0 radical (unpaired) electrons. The average molecular weight is 239 g/mol. The number of aliphatic hydroxyl groups excluding tert-OH is 1. The summed E-state index contributed by atoms with van der Waals surface area (Å²) in [7, 11) is 0. The van der Waals surface area contributed by atoms with Gasteiger partial charge in [0.2, 0.25) is 5.91 Å². The number of hydrogen-bond acceptors (Lipinski definition) is 2. The Hall–Kier alpha value is -0.570. The summed E-state index contributed by atoms with van der Waals surface area (Å²) in [4.78, 5) is 14.4. The number of carbonyl (C=O) groups is 1. The molecule has 2 unspecified atom stereocenters. The standard InChI is InChI=1S/C14H25NO2/c1-10(2)15(8-5-9-16)14(17)13-11-6-3-4-7-12(11)13/h10-13,16H,3-9H2,1-2H3. The summed E-state index contributed by atoms with van der Waals surface area (Å²) in [6.45, 7) is 5.03. The number of amides is 1. The van der Waals surface area contributed by atoms with Crippen LogP contribution in [0.3, 0.4) is 0 Å². The summed E-state index contributed by atoms with van der Waals surface area (Å²) in [5.74, 6) is 2.04. The summed E-state index contributed by atoms with van der Waals surface area (Å²) in [6, 6.07) is 0.261. The predicted octanol–water partition coefficient (Wildman–Crippen LogP) is 2.04. The Morgan fingerprint density at radius 3 is 2.35 bits per heavy atom. The minimum absolute atomic E-state index is 0.175. The van der Waals surface area contributed by atoms with E-state index in [1.807, 2.05) is 4.90 Å². The Morgan fingerprint density at radius 2 is 1.88 bits per heavy atom. The summed E-state index contributed by atoms with van der Waals surface area (Å²) in [5, 5.41) is 8.90. The molecule has 1 amide bonds. The molecule has 3 nitrogen and oxygen atoms in total. The Kier molecular flexibility index (Phi) is 4.08. The van der Waals surface area contributed by atoms with E-state index in [-0.39, 0.29) is 12.6 Å². The van der Waals surface area contributed by atoms with Gasteiger partial charge in [-0.15, -0.1) is 0 Å². The number of rotatable bonds is 5. The van der Waals surface area contributed by atoms with Gasteiger partial charge < -0.3 is 10.0 Å². The smallest absolute Gasteiger partial charge is 0.226 e. The molecule has 2 aliphatic rings. The van der Waals surface area contributed by atoms with Gasteiger partial charge in [0.05, 0.1) is 0 Å². The molecule has 3 heteroatoms. The summed E-state index contributed by atoms with van der Waals surface area (Å²) >= 11 is 0. The molecule has 0 saturated heterocycles. The van der Waals surface area contributed by atoms with Crippen LogP contribution in [0.25, 0.3) is 0 Å². The first-order chi connectivity index (χ1) is 8.16. The number of aliphatic hydroxyl groups is 1. The molecular formula is C14H25NO2. The Balaban J connectivity index is 1.92. The van der Waals surface area contributed by atoms with Gasteiger partial charge in [-0.05, 0) is 44.9 Å². The van der Waals surface area contributed by atoms with Crippen molar-refractivity contribution in [2.24, 2.45) is 17.8 Å². The highest BCUT2D eigenvalue weighted by Crippen LogP contribution is 2.56. The quantitative estimate of drug-likeness (QED) is 0.797. The fourth-order valence-electron chi connectivity index (χ4n) is 3.41. The highest BCUT2D eigenvalue weighted by Gasteiger charge is 2.55. The minimum Gasteiger partial charge on any atom is -0.396 e. The molecule has 0 aromatic rings. The van der Waals surface area contributed by atoms with Crippen molar-refractivity contribution in [3.63, 3.8) is 0 Å². The van der Waals surface area contributed by atoms with Gasteiger partial charge in [-0.25, -0.2) is 0 Å². The van der Waals surface area contributed by atoms with E-state index in [0.29, 0.717) is 36.6 Å². The molecule has 2 fully saturated rings. The summed E-state index contributed by atoms with van der Waals surface area (Å²) in [5.41, 5.74) is 0. The first-order valence-corrected chi connectivity index (χ1v) is 7.08. The van der Waals surface area contributed by atoms with Crippen molar-refractivity contribution >= 4 is 5.91 Å². The zero-order chi connectivity index (χ0) is 12.4. The second kappa shape index (κ2) is 5.38. The summed E-state index contributed by atoms with van der Waals surface area (Å²) < 4.78 is 0. The van der Waals surface area contributed by atoms with E-state index in [2.05, 4.69) is 13.8 Å². The fraction of sp³-hybridized carbons (Fsp3) is 0.929. The molecule has 0 aromatic heterocycles. The van der Waals surface area contributed by atoms with Gasteiger partial charge in [-0.2, -0.15) is 0 Å². The van der Waals surface area contributed by atoms with E-state index >= 15 is 0 Å². The van der Waals surface area contributed by atoms with Gasteiger partial charge in [0.15, 0.2) is 0 Å². The SMILES string of the molecule is CC(C)N(CCCO)C(=O)C1C2CCCCC21. The normalized spacial score (nSPS) is 31.2. The third kappa shape index (κ3) is 2.65. The van der Waals surface area contributed by atoms with Gasteiger partial charge in [0, 0.05) is 25.1 Å². The van der Waals surface area contributed by atoms with Crippen LogP contribution in [0.4, 0.5) is 0 Å². The van der Waals surface area contributed by atoms with Crippen molar-refractivity contribution in [1.29, 1.82) is 0 Å². The maximum Gasteiger partial charge on any atom is 0.226 e. The zero-order valence-electron chi connectivity index (χ0n) is 11.1. The van der Waals surface area contributed by atoms with Gasteiger partial charge in [0.1, 0.15) is 0 Å². The predicted molar refractivity (Wildman–Crippen MR) is 67.5 cm³/mol. The van der Waals surface area contributed by atoms with Gasteiger partial charge >= 0.3 is 0 Å². The van der Waals surface area contributed by atoms with Crippen molar-refractivity contribution < 1.29 is 9.90 Å². The van der Waals surface area contributed by atoms with E-state index in [1.54, 1.807) is 0 Å². The summed E-state index contributed by atoms with van der Waals surface area (Å²) in [6.07, 6.45) is 5.83. The van der Waals surface area contributed by atoms with E-state index in [4.69, 9.17) is 5.11 Å². The molecular weight excluding hydrogens is 214 g/mol. The maximum absolute atomic E-state index is 12.5. The Labute approximate surface area is 104 Å². The van der Waals surface area contributed by atoms with Gasteiger partial charge in [-0.1, -0.05) is 12.8 Å². The molecule has 98 valence electrons. The molecule has 1 N–H and O–H groups in total. The third-order valence-electron chi connectivity index (χ3n) is 4.41. The maximum atomic E-state index is 12.5. The Bertz CT molecular complexity index is 265. The van der Waals surface area contributed by atoms with E-state index < -0.39 is 0 Å². The third-order valence-corrected chi connectivity index (χ3v) is 4.41. The molecule has 2 rings (SSSR count). The number of hydrogen-bond donors (Lipinski definition) is 1. The average Bonchev–Trinajstić information content (AvgIpc) is 3.02. The van der Waals surface area contributed by atoms with Crippen molar-refractivity contribution in [1.82, 2.24) is 4.90 Å². The topological polar surface area (TPSA) is 40.5 Å². The van der Waals surface area contributed by atoms with Crippen molar-refractivity contribution in [2.75, 3.05) is 13.2 Å². The molecule has 0 bridgehead atoms. The van der Waals surface area contributed by atoms with E-state index in [9.17, 15) is 4.79 Å². The van der Waals surface area contributed by atoms with Gasteiger partial charge in [-0.3, -0.25) is 4.79 Å². The van der Waals surface area contributed by atoms with Crippen molar-refractivity contribution in [2.45, 2.75) is 52.0 Å². The van der Waals surface area contributed by atoms with Crippen LogP contribution in [-0.2, 0) is 4.79 Å². The lowest BCUT2D eigenvalue weighted by Gasteiger charge is -2.27. The van der Waals surface area contributed by atoms with Crippen LogP contribution in [0.15, 0.2) is 0 Å². The van der Waals surface area contributed by atoms with Crippen LogP contribution in [0.1, 0.15) is 46.0 Å². The Morgan fingerprint density at radius 1 is 1.29 bits per heavy atom. The van der Waals surface area contributed by atoms with E-state index in [1.165, 1.54) is 25.7 Å². The van der Waals surface area contributed by atoms with Crippen LogP contribution in [0.5, 0.6) is 0 Å².